The number of hydrogen-bond donors (Lipinski definition) is 0. The Balaban J connectivity index is 2.19. The zero-order chi connectivity index (χ0) is 4.12. The first-order valence-electron chi connectivity index (χ1n) is 2.06. The molecule has 0 bridgehead atoms. The molecule has 0 N–H and O–H groups in total. The van der Waals surface area contributed by atoms with E-state index in [9.17, 15) is 0 Å². The molecule has 0 aliphatic carbocycles. The minimum absolute atomic E-state index is 1.41. The van der Waals surface area contributed by atoms with E-state index >= 15 is 0 Å². The molecule has 0 spiro atoms. The molecule has 5 heavy (non-hydrogen) atoms. The van der Waals surface area contributed by atoms with Gasteiger partial charge in [-0.3, -0.25) is 0 Å². The Kier molecular flexibility index (Phi) is 6.03. The Morgan fingerprint density at radius 2 is 2.20 bits per heavy atom. The van der Waals surface area contributed by atoms with Crippen molar-refractivity contribution in [2.45, 2.75) is 16.9 Å². The van der Waals surface area contributed by atoms with Crippen molar-refractivity contribution in [2.75, 3.05) is 0 Å². The van der Waals surface area contributed by atoms with Crippen molar-refractivity contribution in [3.63, 3.8) is 0 Å². The van der Waals surface area contributed by atoms with Crippen molar-refractivity contribution in [1.82, 2.24) is 0 Å². The van der Waals surface area contributed by atoms with Crippen molar-refractivity contribution in [1.29, 1.82) is 0 Å². The molecule has 0 aromatic rings. The Morgan fingerprint density at radius 3 is 2.20 bits per heavy atom. The van der Waals surface area contributed by atoms with Crippen LogP contribution in [0.4, 0.5) is 0 Å². The molecule has 0 aromatic heterocycles. The summed E-state index contributed by atoms with van der Waals surface area (Å²) in [5.74, 6) is 0. The molecule has 26 valence electrons. The summed E-state index contributed by atoms with van der Waals surface area (Å²) >= 11 is 1.71. The second-order valence-electron chi connectivity index (χ2n) is 1.10. The maximum absolute atomic E-state index is 1.71. The molecule has 0 saturated carbocycles. The molecule has 0 rings (SSSR count). The van der Waals surface area contributed by atoms with Crippen molar-refractivity contribution >= 4 is 32.8 Å². The van der Waals surface area contributed by atoms with Crippen LogP contribution in [-0.2, 0) is 0 Å². The van der Waals surface area contributed by atoms with Gasteiger partial charge in [-0.05, 0) is 0 Å². The molecule has 0 heterocycles. The maximum atomic E-state index is 1.71. The first-order valence-corrected chi connectivity index (χ1v) is 5.49. The van der Waals surface area contributed by atoms with Gasteiger partial charge in [0.2, 0.25) is 0 Å². The third kappa shape index (κ3) is 5.02. The van der Waals surface area contributed by atoms with Crippen LogP contribution in [0.3, 0.4) is 0 Å². The van der Waals surface area contributed by atoms with Crippen LogP contribution in [0.25, 0.3) is 0 Å². The Labute approximate surface area is 49.8 Å². The van der Waals surface area contributed by atoms with Gasteiger partial charge >= 0.3 is 49.7 Å². The van der Waals surface area contributed by atoms with E-state index in [0.717, 1.165) is 0 Å². The van der Waals surface area contributed by atoms with E-state index in [0.29, 0.717) is 0 Å². The molecule has 0 aliphatic rings. The van der Waals surface area contributed by atoms with Gasteiger partial charge in [-0.1, -0.05) is 0 Å². The third-order valence-corrected chi connectivity index (χ3v) is 2.25. The monoisotopic (exact) mass is 193 g/mol. The fraction of sp³-hybridized carbons (Fsp3) is 1.00. The second kappa shape index (κ2) is 5.02. The standard InChI is InChI=1S/C3H9Si.Sn/c1-2-3-4;/h1-3H2,4H3;/q;+3. The van der Waals surface area contributed by atoms with Gasteiger partial charge in [-0.15, -0.1) is 0 Å². The molecule has 0 unspecified atom stereocenters. The summed E-state index contributed by atoms with van der Waals surface area (Å²) in [4.78, 5) is 0. The summed E-state index contributed by atoms with van der Waals surface area (Å²) in [6.45, 7) is 0. The second-order valence-corrected chi connectivity index (χ2v) is 3.53. The van der Waals surface area contributed by atoms with E-state index in [-0.39, 0.29) is 0 Å². The Hall–Kier alpha value is 1.02. The van der Waals surface area contributed by atoms with E-state index in [4.69, 9.17) is 0 Å². The van der Waals surface area contributed by atoms with Gasteiger partial charge in [0.25, 0.3) is 0 Å². The SMILES string of the molecule is [SiH3]CC[CH2][Sn+3]. The number of hydrogen-bond acceptors (Lipinski definition) is 0. The first kappa shape index (κ1) is 6.02. The summed E-state index contributed by atoms with van der Waals surface area (Å²) in [7, 11) is 1.41. The molecule has 0 radical (unpaired) electrons. The van der Waals surface area contributed by atoms with Crippen LogP contribution < -0.4 is 0 Å². The van der Waals surface area contributed by atoms with Crippen LogP contribution in [0, 0.1) is 0 Å². The van der Waals surface area contributed by atoms with E-state index in [1.54, 1.807) is 22.5 Å². The topological polar surface area (TPSA) is 0 Å². The van der Waals surface area contributed by atoms with Crippen molar-refractivity contribution in [3.05, 3.63) is 0 Å². The number of rotatable bonds is 2. The van der Waals surface area contributed by atoms with Crippen molar-refractivity contribution in [2.24, 2.45) is 0 Å². The summed E-state index contributed by atoms with van der Waals surface area (Å²) in [6, 6.07) is 1.51. The van der Waals surface area contributed by atoms with Gasteiger partial charge in [0, 0.05) is 0 Å². The molecule has 0 aromatic carbocycles. The molecule has 0 atom stereocenters. The molecule has 0 fully saturated rings. The molecule has 2 heteroatoms. The van der Waals surface area contributed by atoms with E-state index in [2.05, 4.69) is 0 Å². The van der Waals surface area contributed by atoms with Crippen LogP contribution in [0.5, 0.6) is 0 Å². The molecular weight excluding hydrogens is 183 g/mol. The van der Waals surface area contributed by atoms with Gasteiger partial charge < -0.3 is 0 Å². The van der Waals surface area contributed by atoms with Gasteiger partial charge in [0.1, 0.15) is 0 Å². The zero-order valence-corrected chi connectivity index (χ0v) is 8.48. The van der Waals surface area contributed by atoms with Crippen LogP contribution >= 0.6 is 0 Å². The molecule has 0 aliphatic heterocycles. The summed E-state index contributed by atoms with van der Waals surface area (Å²) < 4.78 is 1.47. The summed E-state index contributed by atoms with van der Waals surface area (Å²) in [6.07, 6.45) is 1.49. The Bertz CT molecular complexity index is 14.4. The van der Waals surface area contributed by atoms with Crippen LogP contribution in [0.2, 0.25) is 10.5 Å². The van der Waals surface area contributed by atoms with Crippen LogP contribution in [-0.4, -0.2) is 32.8 Å². The van der Waals surface area contributed by atoms with E-state index in [1.807, 2.05) is 0 Å². The van der Waals surface area contributed by atoms with Gasteiger partial charge in [0.15, 0.2) is 0 Å². The van der Waals surface area contributed by atoms with Crippen LogP contribution in [0.1, 0.15) is 6.42 Å². The van der Waals surface area contributed by atoms with Gasteiger partial charge in [-0.2, -0.15) is 0 Å². The van der Waals surface area contributed by atoms with Gasteiger partial charge in [0.05, 0.1) is 0 Å². The normalized spacial score (nSPS) is 9.20. The minimum atomic E-state index is 1.41. The fourth-order valence-corrected chi connectivity index (χ4v) is 3.56. The summed E-state index contributed by atoms with van der Waals surface area (Å²) in [5, 5.41) is 0. The predicted octanol–water partition coefficient (Wildman–Crippen LogP) is -0.253. The van der Waals surface area contributed by atoms with Crippen LogP contribution in [0.15, 0.2) is 0 Å². The molecular formula is C3H9SiSn+3. The van der Waals surface area contributed by atoms with Crippen molar-refractivity contribution < 1.29 is 0 Å². The predicted molar refractivity (Wildman–Crippen MR) is 29.9 cm³/mol. The average Bonchev–Trinajstić information content (AvgIpc) is 1.41. The molecule has 0 nitrogen and oxygen atoms in total. The average molecular weight is 192 g/mol. The zero-order valence-electron chi connectivity index (χ0n) is 3.62. The molecule has 0 saturated heterocycles. The fourth-order valence-electron chi connectivity index (χ4n) is 0.177. The third-order valence-electron chi connectivity index (χ3n) is 0.530. The first-order chi connectivity index (χ1) is 2.41. The Morgan fingerprint density at radius 1 is 1.60 bits per heavy atom. The molecule has 0 amide bonds. The van der Waals surface area contributed by atoms with E-state index < -0.39 is 0 Å². The summed E-state index contributed by atoms with van der Waals surface area (Å²) in [5.41, 5.74) is 0. The van der Waals surface area contributed by atoms with E-state index in [1.165, 1.54) is 27.1 Å². The van der Waals surface area contributed by atoms with Gasteiger partial charge in [-0.25, -0.2) is 0 Å². The quantitative estimate of drug-likeness (QED) is 0.529. The van der Waals surface area contributed by atoms with Crippen molar-refractivity contribution in [3.8, 4) is 0 Å².